The molecule has 7 heteroatoms. The van der Waals surface area contributed by atoms with Crippen LogP contribution in [0.25, 0.3) is 0 Å². The number of aliphatic imine (C=N–C) groups is 1. The lowest BCUT2D eigenvalue weighted by Gasteiger charge is -2.08. The van der Waals surface area contributed by atoms with E-state index in [0.29, 0.717) is 0 Å². The first kappa shape index (κ1) is 11.8. The topological polar surface area (TPSA) is 51.3 Å². The van der Waals surface area contributed by atoms with E-state index < -0.39 is 17.6 Å². The van der Waals surface area contributed by atoms with Gasteiger partial charge in [-0.2, -0.15) is 13.2 Å². The molecule has 1 rings (SSSR count). The molecule has 1 heterocycles. The monoisotopic (exact) mass is 235 g/mol. The molecule has 0 saturated heterocycles. The maximum absolute atomic E-state index is 12.4. The Bertz CT molecular complexity index is 376. The lowest BCUT2D eigenvalue weighted by Crippen LogP contribution is -2.09. The highest BCUT2D eigenvalue weighted by molar-refractivity contribution is 8.13. The Balaban J connectivity index is 3.19. The molecule has 0 unspecified atom stereocenters. The van der Waals surface area contributed by atoms with Crippen LogP contribution in [0.2, 0.25) is 0 Å². The molecular weight excluding hydrogens is 227 g/mol. The standard InChI is InChI=1S/C8H8F3N3S/c1-15-7(12)14-6-5(8(9,10)11)3-2-4-13-6/h2-4H,1H3,(H2,12,13,14). The van der Waals surface area contributed by atoms with Gasteiger partial charge in [-0.1, -0.05) is 11.8 Å². The number of nitrogens with zero attached hydrogens (tertiary/aromatic N) is 2. The molecule has 0 fully saturated rings. The third-order valence-corrected chi connectivity index (χ3v) is 2.03. The van der Waals surface area contributed by atoms with Crippen molar-refractivity contribution in [2.24, 2.45) is 10.7 Å². The summed E-state index contributed by atoms with van der Waals surface area (Å²) in [5.41, 5.74) is 4.44. The number of hydrogen-bond donors (Lipinski definition) is 1. The highest BCUT2D eigenvalue weighted by Crippen LogP contribution is 2.34. The van der Waals surface area contributed by atoms with E-state index in [4.69, 9.17) is 5.73 Å². The first-order valence-corrected chi connectivity index (χ1v) is 5.08. The van der Waals surface area contributed by atoms with E-state index in [9.17, 15) is 13.2 Å². The summed E-state index contributed by atoms with van der Waals surface area (Å²) in [7, 11) is 0. The number of amidine groups is 1. The quantitative estimate of drug-likeness (QED) is 0.600. The van der Waals surface area contributed by atoms with Crippen molar-refractivity contribution in [3.05, 3.63) is 23.9 Å². The van der Waals surface area contributed by atoms with Crippen LogP contribution in [0.5, 0.6) is 0 Å². The average Bonchev–Trinajstić information content (AvgIpc) is 2.17. The highest BCUT2D eigenvalue weighted by atomic mass is 32.2. The summed E-state index contributed by atoms with van der Waals surface area (Å²) in [4.78, 5) is 7.10. The second-order valence-electron chi connectivity index (χ2n) is 2.53. The van der Waals surface area contributed by atoms with Crippen molar-refractivity contribution in [3.63, 3.8) is 0 Å². The fourth-order valence-corrected chi connectivity index (χ4v) is 1.04. The molecule has 0 radical (unpaired) electrons. The van der Waals surface area contributed by atoms with E-state index in [-0.39, 0.29) is 5.17 Å². The fourth-order valence-electron chi connectivity index (χ4n) is 0.857. The first-order chi connectivity index (χ1) is 6.95. The van der Waals surface area contributed by atoms with Crippen LogP contribution in [0.3, 0.4) is 0 Å². The molecule has 1 aromatic rings. The number of alkyl halides is 3. The molecule has 0 aromatic carbocycles. The average molecular weight is 235 g/mol. The molecule has 1 aromatic heterocycles. The van der Waals surface area contributed by atoms with Crippen LogP contribution in [0.1, 0.15) is 5.56 Å². The van der Waals surface area contributed by atoms with E-state index in [0.717, 1.165) is 17.8 Å². The van der Waals surface area contributed by atoms with E-state index in [1.165, 1.54) is 12.3 Å². The van der Waals surface area contributed by atoms with Crippen molar-refractivity contribution in [1.29, 1.82) is 0 Å². The van der Waals surface area contributed by atoms with Gasteiger partial charge in [0.25, 0.3) is 0 Å². The second-order valence-corrected chi connectivity index (χ2v) is 3.35. The highest BCUT2D eigenvalue weighted by Gasteiger charge is 2.34. The molecule has 0 aliphatic carbocycles. The fraction of sp³-hybridized carbons (Fsp3) is 0.250. The summed E-state index contributed by atoms with van der Waals surface area (Å²) in [6.45, 7) is 0. The predicted molar refractivity (Wildman–Crippen MR) is 54.0 cm³/mol. The van der Waals surface area contributed by atoms with Crippen molar-refractivity contribution < 1.29 is 13.2 Å². The van der Waals surface area contributed by atoms with Crippen LogP contribution < -0.4 is 5.73 Å². The summed E-state index contributed by atoms with van der Waals surface area (Å²) in [6.07, 6.45) is -1.61. The van der Waals surface area contributed by atoms with Crippen LogP contribution in [-0.4, -0.2) is 16.4 Å². The summed E-state index contributed by atoms with van der Waals surface area (Å²) in [6, 6.07) is 2.12. The minimum atomic E-state index is -4.47. The van der Waals surface area contributed by atoms with Crippen molar-refractivity contribution in [3.8, 4) is 0 Å². The summed E-state index contributed by atoms with van der Waals surface area (Å²) in [5, 5.41) is 0.0409. The van der Waals surface area contributed by atoms with Crippen molar-refractivity contribution in [2.45, 2.75) is 6.18 Å². The number of nitrogens with two attached hydrogens (primary N) is 1. The van der Waals surface area contributed by atoms with Gasteiger partial charge in [-0.25, -0.2) is 9.98 Å². The normalized spacial score (nSPS) is 12.9. The molecule has 0 amide bonds. The minimum absolute atomic E-state index is 0.0409. The van der Waals surface area contributed by atoms with Gasteiger partial charge in [0.2, 0.25) is 0 Å². The van der Waals surface area contributed by atoms with Crippen LogP contribution in [0.15, 0.2) is 23.3 Å². The zero-order valence-corrected chi connectivity index (χ0v) is 8.56. The van der Waals surface area contributed by atoms with Crippen molar-refractivity contribution in [2.75, 3.05) is 6.26 Å². The van der Waals surface area contributed by atoms with E-state index in [2.05, 4.69) is 9.98 Å². The van der Waals surface area contributed by atoms with E-state index in [1.54, 1.807) is 6.26 Å². The molecule has 0 atom stereocenters. The molecule has 2 N–H and O–H groups in total. The predicted octanol–water partition coefficient (Wildman–Crippen LogP) is 2.41. The lowest BCUT2D eigenvalue weighted by atomic mass is 10.2. The number of thioether (sulfide) groups is 1. The first-order valence-electron chi connectivity index (χ1n) is 3.85. The van der Waals surface area contributed by atoms with Gasteiger partial charge in [-0.05, 0) is 18.4 Å². The van der Waals surface area contributed by atoms with Gasteiger partial charge in [0, 0.05) is 6.20 Å². The molecule has 3 nitrogen and oxygen atoms in total. The van der Waals surface area contributed by atoms with Gasteiger partial charge in [-0.15, -0.1) is 0 Å². The maximum atomic E-state index is 12.4. The van der Waals surface area contributed by atoms with Gasteiger partial charge in [-0.3, -0.25) is 0 Å². The molecule has 0 aliphatic heterocycles. The van der Waals surface area contributed by atoms with Crippen molar-refractivity contribution >= 4 is 22.7 Å². The SMILES string of the molecule is CSC(N)=Nc1ncccc1C(F)(F)F. The minimum Gasteiger partial charge on any atom is -0.378 e. The molecule has 0 bridgehead atoms. The van der Waals surface area contributed by atoms with Gasteiger partial charge >= 0.3 is 6.18 Å². The Hall–Kier alpha value is -1.24. The van der Waals surface area contributed by atoms with E-state index >= 15 is 0 Å². The number of aromatic nitrogens is 1. The van der Waals surface area contributed by atoms with E-state index in [1.807, 2.05) is 0 Å². The Morgan fingerprint density at radius 3 is 2.73 bits per heavy atom. The maximum Gasteiger partial charge on any atom is 0.420 e. The smallest absolute Gasteiger partial charge is 0.378 e. The number of rotatable bonds is 1. The third-order valence-electron chi connectivity index (χ3n) is 1.52. The lowest BCUT2D eigenvalue weighted by molar-refractivity contribution is -0.137. The van der Waals surface area contributed by atoms with Gasteiger partial charge in [0.15, 0.2) is 11.0 Å². The van der Waals surface area contributed by atoms with Crippen molar-refractivity contribution in [1.82, 2.24) is 4.98 Å². The zero-order valence-electron chi connectivity index (χ0n) is 7.75. The van der Waals surface area contributed by atoms with Crippen LogP contribution in [-0.2, 0) is 6.18 Å². The number of pyridine rings is 1. The van der Waals surface area contributed by atoms with Crippen LogP contribution >= 0.6 is 11.8 Å². The Morgan fingerprint density at radius 2 is 2.20 bits per heavy atom. The summed E-state index contributed by atoms with van der Waals surface area (Å²) < 4.78 is 37.3. The Kier molecular flexibility index (Phi) is 3.57. The molecule has 0 spiro atoms. The van der Waals surface area contributed by atoms with Gasteiger partial charge < -0.3 is 5.73 Å². The van der Waals surface area contributed by atoms with Gasteiger partial charge in [0.1, 0.15) is 5.56 Å². The second kappa shape index (κ2) is 4.52. The number of halogens is 3. The third kappa shape index (κ3) is 3.12. The zero-order chi connectivity index (χ0) is 11.5. The Labute approximate surface area is 88.6 Å². The van der Waals surface area contributed by atoms with Gasteiger partial charge in [0.05, 0.1) is 0 Å². The molecule has 0 saturated carbocycles. The van der Waals surface area contributed by atoms with Crippen LogP contribution in [0, 0.1) is 0 Å². The summed E-state index contributed by atoms with van der Waals surface area (Å²) in [5.74, 6) is -0.406. The largest absolute Gasteiger partial charge is 0.420 e. The molecule has 0 aliphatic rings. The Morgan fingerprint density at radius 1 is 1.53 bits per heavy atom. The molecule has 82 valence electrons. The molecule has 15 heavy (non-hydrogen) atoms. The number of hydrogen-bond acceptors (Lipinski definition) is 3. The summed E-state index contributed by atoms with van der Waals surface area (Å²) >= 11 is 1.06. The molecular formula is C8H8F3N3S. The van der Waals surface area contributed by atoms with Crippen LogP contribution in [0.4, 0.5) is 19.0 Å².